The number of aromatic nitrogens is 5. The van der Waals surface area contributed by atoms with Gasteiger partial charge in [-0.15, -0.1) is 5.10 Å². The van der Waals surface area contributed by atoms with Gasteiger partial charge in [0.2, 0.25) is 0 Å². The predicted molar refractivity (Wildman–Crippen MR) is 77.6 cm³/mol. The van der Waals surface area contributed by atoms with Crippen LogP contribution in [0.25, 0.3) is 6.20 Å². The molecule has 112 valence electrons. The molecule has 0 radical (unpaired) electrons. The summed E-state index contributed by atoms with van der Waals surface area (Å²) in [5.74, 6) is 0.356. The van der Waals surface area contributed by atoms with E-state index in [4.69, 9.17) is 4.74 Å². The van der Waals surface area contributed by atoms with Gasteiger partial charge in [0.15, 0.2) is 5.69 Å². The van der Waals surface area contributed by atoms with Crippen LogP contribution < -0.4 is 0 Å². The fourth-order valence-electron chi connectivity index (χ4n) is 1.77. The van der Waals surface area contributed by atoms with Gasteiger partial charge in [0.05, 0.1) is 18.4 Å². The molecule has 0 amide bonds. The zero-order chi connectivity index (χ0) is 15.6. The molecule has 21 heavy (non-hydrogen) atoms. The summed E-state index contributed by atoms with van der Waals surface area (Å²) in [7, 11) is 0. The summed E-state index contributed by atoms with van der Waals surface area (Å²) in [5.41, 5.74) is 0.443. The third-order valence-corrected chi connectivity index (χ3v) is 2.63. The summed E-state index contributed by atoms with van der Waals surface area (Å²) in [4.78, 5) is 16.2. The standard InChI is InChI=1S/C14H19N5O2/c1-6-18-7-11(15-10(18)2)8-19-9-12(16-17-19)13(20)21-14(3,4)5/h6-7,9H,1,8H2,2-5H3. The van der Waals surface area contributed by atoms with Crippen LogP contribution in [-0.4, -0.2) is 36.1 Å². The van der Waals surface area contributed by atoms with Gasteiger partial charge in [-0.2, -0.15) is 0 Å². The molecule has 0 aromatic carbocycles. The highest BCUT2D eigenvalue weighted by molar-refractivity contribution is 5.87. The van der Waals surface area contributed by atoms with E-state index in [1.807, 2.05) is 17.7 Å². The largest absolute Gasteiger partial charge is 0.455 e. The van der Waals surface area contributed by atoms with Gasteiger partial charge in [-0.3, -0.25) is 0 Å². The summed E-state index contributed by atoms with van der Waals surface area (Å²) in [6.07, 6.45) is 5.09. The maximum atomic E-state index is 11.9. The monoisotopic (exact) mass is 289 g/mol. The van der Waals surface area contributed by atoms with Crippen molar-refractivity contribution in [3.63, 3.8) is 0 Å². The first-order chi connectivity index (χ1) is 9.78. The predicted octanol–water partition coefficient (Wildman–Crippen LogP) is 1.89. The number of carbonyl (C=O) groups excluding carboxylic acids is 1. The molecule has 0 unspecified atom stereocenters. The number of carbonyl (C=O) groups is 1. The number of nitrogens with zero attached hydrogens (tertiary/aromatic N) is 5. The van der Waals surface area contributed by atoms with Gasteiger partial charge in [-0.05, 0) is 27.7 Å². The van der Waals surface area contributed by atoms with E-state index >= 15 is 0 Å². The summed E-state index contributed by atoms with van der Waals surface area (Å²) >= 11 is 0. The van der Waals surface area contributed by atoms with E-state index in [1.54, 1.807) is 37.8 Å². The van der Waals surface area contributed by atoms with Crippen LogP contribution in [0.15, 0.2) is 19.0 Å². The van der Waals surface area contributed by atoms with Gasteiger partial charge in [-0.25, -0.2) is 14.5 Å². The highest BCUT2D eigenvalue weighted by Crippen LogP contribution is 2.11. The van der Waals surface area contributed by atoms with Crippen LogP contribution in [0.2, 0.25) is 0 Å². The molecule has 0 fully saturated rings. The fraction of sp³-hybridized carbons (Fsp3) is 0.429. The Bertz CT molecular complexity index is 663. The van der Waals surface area contributed by atoms with Gasteiger partial charge < -0.3 is 9.30 Å². The number of hydrogen-bond acceptors (Lipinski definition) is 5. The number of aryl methyl sites for hydroxylation is 1. The van der Waals surface area contributed by atoms with Gasteiger partial charge in [-0.1, -0.05) is 11.8 Å². The van der Waals surface area contributed by atoms with E-state index in [2.05, 4.69) is 21.9 Å². The average molecular weight is 289 g/mol. The SMILES string of the molecule is C=Cn1cc(Cn2cc(C(=O)OC(C)(C)C)nn2)nc1C. The minimum atomic E-state index is -0.555. The zero-order valence-electron chi connectivity index (χ0n) is 12.7. The third kappa shape index (κ3) is 3.77. The zero-order valence-corrected chi connectivity index (χ0v) is 12.7. The second-order valence-corrected chi connectivity index (χ2v) is 5.67. The lowest BCUT2D eigenvalue weighted by molar-refractivity contribution is 0.00627. The molecule has 0 saturated heterocycles. The Kier molecular flexibility index (Phi) is 3.93. The first-order valence-electron chi connectivity index (χ1n) is 6.59. The maximum absolute atomic E-state index is 11.9. The lowest BCUT2D eigenvalue weighted by Crippen LogP contribution is -2.24. The minimum absolute atomic E-state index is 0.185. The Hall–Kier alpha value is -2.44. The van der Waals surface area contributed by atoms with Gasteiger partial charge in [0.1, 0.15) is 11.4 Å². The molecular weight excluding hydrogens is 270 g/mol. The van der Waals surface area contributed by atoms with Crippen molar-refractivity contribution in [1.29, 1.82) is 0 Å². The molecule has 0 aliphatic carbocycles. The van der Waals surface area contributed by atoms with Crippen LogP contribution in [0.5, 0.6) is 0 Å². The van der Waals surface area contributed by atoms with Crippen LogP contribution in [0.1, 0.15) is 42.8 Å². The quantitative estimate of drug-likeness (QED) is 0.803. The normalized spacial score (nSPS) is 11.4. The summed E-state index contributed by atoms with van der Waals surface area (Å²) in [5, 5.41) is 7.75. The molecule has 0 aliphatic heterocycles. The van der Waals surface area contributed by atoms with Crippen molar-refractivity contribution in [3.05, 3.63) is 36.2 Å². The highest BCUT2D eigenvalue weighted by atomic mass is 16.6. The Labute approximate surface area is 123 Å². The molecule has 0 aliphatic rings. The summed E-state index contributed by atoms with van der Waals surface area (Å²) in [6, 6.07) is 0. The van der Waals surface area contributed by atoms with Crippen molar-refractivity contribution in [3.8, 4) is 0 Å². The van der Waals surface area contributed by atoms with Crippen LogP contribution in [-0.2, 0) is 11.3 Å². The van der Waals surface area contributed by atoms with E-state index in [-0.39, 0.29) is 5.69 Å². The Morgan fingerprint density at radius 2 is 2.14 bits per heavy atom. The smallest absolute Gasteiger partial charge is 0.361 e. The number of ether oxygens (including phenoxy) is 1. The Morgan fingerprint density at radius 1 is 1.43 bits per heavy atom. The molecule has 0 spiro atoms. The van der Waals surface area contributed by atoms with Crippen molar-refractivity contribution in [1.82, 2.24) is 24.5 Å². The van der Waals surface area contributed by atoms with Crippen molar-refractivity contribution < 1.29 is 9.53 Å². The highest BCUT2D eigenvalue weighted by Gasteiger charge is 2.20. The average Bonchev–Trinajstić information content (AvgIpc) is 2.94. The van der Waals surface area contributed by atoms with Crippen LogP contribution >= 0.6 is 0 Å². The second-order valence-electron chi connectivity index (χ2n) is 5.67. The van der Waals surface area contributed by atoms with Crippen LogP contribution in [0.4, 0.5) is 0 Å². The molecule has 7 heteroatoms. The number of hydrogen-bond donors (Lipinski definition) is 0. The van der Waals surface area contributed by atoms with E-state index in [9.17, 15) is 4.79 Å². The van der Waals surface area contributed by atoms with Crippen LogP contribution in [0.3, 0.4) is 0 Å². The van der Waals surface area contributed by atoms with E-state index in [0.717, 1.165) is 11.5 Å². The topological polar surface area (TPSA) is 74.8 Å². The number of imidazole rings is 1. The van der Waals surface area contributed by atoms with E-state index in [0.29, 0.717) is 6.54 Å². The van der Waals surface area contributed by atoms with Crippen LogP contribution in [0, 0.1) is 6.92 Å². The molecule has 2 aromatic heterocycles. The molecule has 0 atom stereocenters. The Balaban J connectivity index is 2.09. The van der Waals surface area contributed by atoms with Crippen molar-refractivity contribution in [2.45, 2.75) is 39.8 Å². The Morgan fingerprint density at radius 3 is 2.71 bits per heavy atom. The van der Waals surface area contributed by atoms with Crippen molar-refractivity contribution in [2.24, 2.45) is 0 Å². The minimum Gasteiger partial charge on any atom is -0.455 e. The van der Waals surface area contributed by atoms with Crippen molar-refractivity contribution in [2.75, 3.05) is 0 Å². The molecule has 0 N–H and O–H groups in total. The van der Waals surface area contributed by atoms with Gasteiger partial charge >= 0.3 is 5.97 Å². The number of rotatable bonds is 4. The van der Waals surface area contributed by atoms with E-state index in [1.165, 1.54) is 0 Å². The first kappa shape index (κ1) is 15.0. The van der Waals surface area contributed by atoms with Crippen molar-refractivity contribution >= 4 is 12.2 Å². The summed E-state index contributed by atoms with van der Waals surface area (Å²) in [6.45, 7) is 11.4. The maximum Gasteiger partial charge on any atom is 0.361 e. The molecule has 2 heterocycles. The first-order valence-corrected chi connectivity index (χ1v) is 6.59. The molecule has 0 saturated carbocycles. The molecule has 2 aromatic rings. The lowest BCUT2D eigenvalue weighted by Gasteiger charge is -2.18. The molecular formula is C14H19N5O2. The summed E-state index contributed by atoms with van der Waals surface area (Å²) < 4.78 is 8.61. The number of esters is 1. The third-order valence-electron chi connectivity index (χ3n) is 2.63. The lowest BCUT2D eigenvalue weighted by atomic mass is 10.2. The molecule has 7 nitrogen and oxygen atoms in total. The van der Waals surface area contributed by atoms with Gasteiger partial charge in [0, 0.05) is 12.4 Å². The van der Waals surface area contributed by atoms with E-state index < -0.39 is 11.6 Å². The second kappa shape index (κ2) is 5.51. The molecule has 0 bridgehead atoms. The molecule has 2 rings (SSSR count). The fourth-order valence-corrected chi connectivity index (χ4v) is 1.77. The van der Waals surface area contributed by atoms with Gasteiger partial charge in [0.25, 0.3) is 0 Å².